The van der Waals surface area contributed by atoms with Crippen molar-refractivity contribution in [3.63, 3.8) is 0 Å². The lowest BCUT2D eigenvalue weighted by molar-refractivity contribution is -0.132. The minimum Gasteiger partial charge on any atom is -0.507 e. The fraction of sp³-hybridized carbons (Fsp3) is 0.207. The van der Waals surface area contributed by atoms with E-state index in [0.717, 1.165) is 5.69 Å². The maximum absolute atomic E-state index is 13.4. The monoisotopic (exact) mass is 499 g/mol. The Hall–Kier alpha value is -4.59. The average Bonchev–Trinajstić information content (AvgIpc) is 3.13. The molecular weight excluding hydrogens is 470 g/mol. The molecule has 3 aromatic carbocycles. The Morgan fingerprint density at radius 3 is 2.32 bits per heavy atom. The first-order valence-corrected chi connectivity index (χ1v) is 11.7. The van der Waals surface area contributed by atoms with E-state index >= 15 is 0 Å². The van der Waals surface area contributed by atoms with Crippen LogP contribution in [0.4, 0.5) is 17.1 Å². The summed E-state index contributed by atoms with van der Waals surface area (Å²) in [4.78, 5) is 41.8. The van der Waals surface area contributed by atoms with Crippen molar-refractivity contribution in [1.82, 2.24) is 0 Å². The average molecular weight is 500 g/mol. The molecule has 2 amide bonds. The number of nitrogens with one attached hydrogen (secondary N) is 1. The molecule has 3 aromatic rings. The van der Waals surface area contributed by atoms with Crippen LogP contribution in [0.5, 0.6) is 5.75 Å². The Bertz CT molecular complexity index is 1410. The van der Waals surface area contributed by atoms with E-state index in [1.165, 1.54) is 11.8 Å². The zero-order chi connectivity index (χ0) is 26.9. The number of aliphatic hydroxyl groups excluding tert-OH is 1. The van der Waals surface area contributed by atoms with E-state index in [4.69, 9.17) is 4.74 Å². The number of amides is 2. The molecule has 37 heavy (non-hydrogen) atoms. The number of hydrogen-bond acceptors (Lipinski definition) is 6. The third kappa shape index (κ3) is 4.91. The molecule has 1 heterocycles. The van der Waals surface area contributed by atoms with E-state index < -0.39 is 17.7 Å². The summed E-state index contributed by atoms with van der Waals surface area (Å²) in [6.07, 6.45) is 0. The lowest BCUT2D eigenvalue weighted by Crippen LogP contribution is -2.29. The molecule has 0 aliphatic carbocycles. The van der Waals surface area contributed by atoms with Crippen molar-refractivity contribution >= 4 is 40.4 Å². The predicted molar refractivity (Wildman–Crippen MR) is 144 cm³/mol. The minimum atomic E-state index is -0.884. The zero-order valence-corrected chi connectivity index (χ0v) is 21.4. The number of carbonyl (C=O) groups excluding carboxylic acids is 3. The molecule has 1 saturated heterocycles. The molecule has 4 rings (SSSR count). The highest BCUT2D eigenvalue weighted by Gasteiger charge is 2.47. The Morgan fingerprint density at radius 1 is 1.03 bits per heavy atom. The van der Waals surface area contributed by atoms with Crippen molar-refractivity contribution in [2.75, 3.05) is 36.3 Å². The van der Waals surface area contributed by atoms with Crippen molar-refractivity contribution < 1.29 is 24.2 Å². The summed E-state index contributed by atoms with van der Waals surface area (Å²) in [5.74, 6) is -1.47. The number of methoxy groups -OCH3 is 1. The summed E-state index contributed by atoms with van der Waals surface area (Å²) in [5.41, 5.74) is 3.61. The van der Waals surface area contributed by atoms with Gasteiger partial charge < -0.3 is 20.1 Å². The molecule has 8 nitrogen and oxygen atoms in total. The molecule has 1 aliphatic rings. The Balaban J connectivity index is 1.92. The SMILES string of the molecule is COc1ccc(/C(O)=C2/C(=O)C(=O)N(c3cccc(NC(C)=O)c3)C2c2ccc(N(C)C)cc2)c(C)c1. The first-order chi connectivity index (χ1) is 17.6. The van der Waals surface area contributed by atoms with E-state index in [1.807, 2.05) is 43.3 Å². The van der Waals surface area contributed by atoms with Crippen LogP contribution in [-0.2, 0) is 14.4 Å². The topological polar surface area (TPSA) is 99.2 Å². The smallest absolute Gasteiger partial charge is 0.300 e. The van der Waals surface area contributed by atoms with Gasteiger partial charge in [0.15, 0.2) is 0 Å². The predicted octanol–water partition coefficient (Wildman–Crippen LogP) is 4.65. The second kappa shape index (κ2) is 10.2. The number of carbonyl (C=O) groups is 3. The summed E-state index contributed by atoms with van der Waals surface area (Å²) in [7, 11) is 5.38. The molecular formula is C29H29N3O5. The molecule has 8 heteroatoms. The second-order valence-electron chi connectivity index (χ2n) is 9.07. The Labute approximate surface area is 215 Å². The fourth-order valence-corrected chi connectivity index (χ4v) is 4.48. The van der Waals surface area contributed by atoms with Gasteiger partial charge in [0.1, 0.15) is 11.5 Å². The number of rotatable bonds is 6. The number of nitrogens with zero attached hydrogens (tertiary/aromatic N) is 2. The largest absolute Gasteiger partial charge is 0.507 e. The standard InChI is InChI=1S/C29H29N3O5/c1-17-15-23(37-5)13-14-24(17)27(34)25-26(19-9-11-21(12-10-19)31(3)4)32(29(36)28(25)35)22-8-6-7-20(16-22)30-18(2)33/h6-16,26,34H,1-5H3,(H,30,33)/b27-25-. The van der Waals surface area contributed by atoms with Gasteiger partial charge in [-0.1, -0.05) is 18.2 Å². The number of ketones is 1. The Morgan fingerprint density at radius 2 is 1.73 bits per heavy atom. The van der Waals surface area contributed by atoms with Crippen LogP contribution in [0.3, 0.4) is 0 Å². The normalized spacial score (nSPS) is 16.6. The molecule has 2 N–H and O–H groups in total. The van der Waals surface area contributed by atoms with Gasteiger partial charge in [0.25, 0.3) is 11.7 Å². The second-order valence-corrected chi connectivity index (χ2v) is 9.07. The highest BCUT2D eigenvalue weighted by Crippen LogP contribution is 2.43. The number of anilines is 3. The van der Waals surface area contributed by atoms with Crippen LogP contribution >= 0.6 is 0 Å². The van der Waals surface area contributed by atoms with Crippen molar-refractivity contribution in [3.05, 3.63) is 89.0 Å². The maximum atomic E-state index is 13.4. The highest BCUT2D eigenvalue weighted by atomic mass is 16.5. The zero-order valence-electron chi connectivity index (χ0n) is 21.4. The van der Waals surface area contributed by atoms with E-state index in [9.17, 15) is 19.5 Å². The summed E-state index contributed by atoms with van der Waals surface area (Å²) in [6.45, 7) is 3.19. The molecule has 1 unspecified atom stereocenters. The van der Waals surface area contributed by atoms with Crippen LogP contribution in [0.25, 0.3) is 5.76 Å². The van der Waals surface area contributed by atoms with E-state index in [2.05, 4.69) is 5.32 Å². The number of Topliss-reactive ketones (excluding diaryl/α,β-unsaturated/α-hetero) is 1. The van der Waals surface area contributed by atoms with Crippen LogP contribution < -0.4 is 19.9 Å². The molecule has 0 aromatic heterocycles. The summed E-state index contributed by atoms with van der Waals surface area (Å²) in [5, 5.41) is 14.1. The first kappa shape index (κ1) is 25.5. The van der Waals surface area contributed by atoms with Gasteiger partial charge in [-0.15, -0.1) is 0 Å². The lowest BCUT2D eigenvalue weighted by atomic mass is 9.93. The summed E-state index contributed by atoms with van der Waals surface area (Å²) in [6, 6.07) is 18.4. The van der Waals surface area contributed by atoms with E-state index in [-0.39, 0.29) is 17.2 Å². The molecule has 0 saturated carbocycles. The quantitative estimate of drug-likeness (QED) is 0.291. The van der Waals surface area contributed by atoms with Gasteiger partial charge >= 0.3 is 0 Å². The molecule has 0 bridgehead atoms. The number of ether oxygens (including phenoxy) is 1. The van der Waals surface area contributed by atoms with Gasteiger partial charge in [0, 0.05) is 43.6 Å². The molecule has 190 valence electrons. The molecule has 1 atom stereocenters. The van der Waals surface area contributed by atoms with E-state index in [0.29, 0.717) is 33.8 Å². The van der Waals surface area contributed by atoms with Gasteiger partial charge in [0.2, 0.25) is 5.91 Å². The number of aryl methyl sites for hydroxylation is 1. The van der Waals surface area contributed by atoms with Crippen LogP contribution in [0, 0.1) is 6.92 Å². The minimum absolute atomic E-state index is 0.0131. The van der Waals surface area contributed by atoms with Crippen molar-refractivity contribution in [2.24, 2.45) is 0 Å². The third-order valence-corrected chi connectivity index (χ3v) is 6.30. The van der Waals surface area contributed by atoms with Gasteiger partial charge in [-0.25, -0.2) is 0 Å². The molecule has 0 radical (unpaired) electrons. The molecule has 1 fully saturated rings. The maximum Gasteiger partial charge on any atom is 0.300 e. The summed E-state index contributed by atoms with van der Waals surface area (Å²) < 4.78 is 5.27. The van der Waals surface area contributed by atoms with Crippen LogP contribution in [-0.4, -0.2) is 43.9 Å². The number of hydrogen-bond donors (Lipinski definition) is 2. The third-order valence-electron chi connectivity index (χ3n) is 6.30. The highest BCUT2D eigenvalue weighted by molar-refractivity contribution is 6.51. The number of benzene rings is 3. The van der Waals surface area contributed by atoms with Crippen LogP contribution in [0.15, 0.2) is 72.3 Å². The van der Waals surface area contributed by atoms with E-state index in [1.54, 1.807) is 56.5 Å². The first-order valence-electron chi connectivity index (χ1n) is 11.7. The van der Waals surface area contributed by atoms with Gasteiger partial charge in [-0.2, -0.15) is 0 Å². The van der Waals surface area contributed by atoms with Crippen molar-refractivity contribution in [2.45, 2.75) is 19.9 Å². The van der Waals surface area contributed by atoms with Crippen LogP contribution in [0.1, 0.15) is 29.7 Å². The molecule has 1 aliphatic heterocycles. The van der Waals surface area contributed by atoms with Crippen molar-refractivity contribution in [3.8, 4) is 5.75 Å². The number of aliphatic hydroxyl groups is 1. The van der Waals surface area contributed by atoms with Crippen LogP contribution in [0.2, 0.25) is 0 Å². The molecule has 0 spiro atoms. The Kier molecular flexibility index (Phi) is 7.02. The van der Waals surface area contributed by atoms with Gasteiger partial charge in [-0.05, 0) is 66.6 Å². The van der Waals surface area contributed by atoms with Crippen molar-refractivity contribution in [1.29, 1.82) is 0 Å². The van der Waals surface area contributed by atoms with Gasteiger partial charge in [-0.3, -0.25) is 19.3 Å². The fourth-order valence-electron chi connectivity index (χ4n) is 4.48. The summed E-state index contributed by atoms with van der Waals surface area (Å²) >= 11 is 0. The van der Waals surface area contributed by atoms with Gasteiger partial charge in [0.05, 0.1) is 18.7 Å². The lowest BCUT2D eigenvalue weighted by Gasteiger charge is -2.26.